The van der Waals surface area contributed by atoms with Gasteiger partial charge in [0.25, 0.3) is 0 Å². The highest BCUT2D eigenvalue weighted by atomic mass is 32.2. The van der Waals surface area contributed by atoms with E-state index in [2.05, 4.69) is 17.2 Å². The Balaban J connectivity index is 1.85. The van der Waals surface area contributed by atoms with Gasteiger partial charge in [0.1, 0.15) is 10.7 Å². The molecule has 142 valence electrons. The van der Waals surface area contributed by atoms with E-state index in [1.165, 1.54) is 12.1 Å². The van der Waals surface area contributed by atoms with Crippen molar-refractivity contribution in [3.63, 3.8) is 0 Å². The minimum atomic E-state index is -3.63. The molecule has 0 N–H and O–H groups in total. The summed E-state index contributed by atoms with van der Waals surface area (Å²) >= 11 is 0. The molecule has 0 saturated carbocycles. The average molecular weight is 395 g/mol. The molecular formula is C21H18FN3O2S. The smallest absolute Gasteiger partial charge is 0.178 e. The van der Waals surface area contributed by atoms with Crippen molar-refractivity contribution in [3.05, 3.63) is 60.2 Å². The fourth-order valence-corrected chi connectivity index (χ4v) is 4.41. The fraction of sp³-hybridized carbons (Fsp3) is 0.238. The molecule has 0 fully saturated rings. The maximum Gasteiger partial charge on any atom is 0.178 e. The first-order valence-corrected chi connectivity index (χ1v) is 10.8. The summed E-state index contributed by atoms with van der Waals surface area (Å²) < 4.78 is 39.5. The van der Waals surface area contributed by atoms with Gasteiger partial charge in [-0.3, -0.25) is 0 Å². The molecule has 0 saturated heterocycles. The second-order valence-electron chi connectivity index (χ2n) is 7.02. The minimum absolute atomic E-state index is 0.0468. The van der Waals surface area contributed by atoms with Crippen molar-refractivity contribution in [1.82, 2.24) is 9.61 Å². The van der Waals surface area contributed by atoms with Crippen LogP contribution in [0.2, 0.25) is 0 Å². The van der Waals surface area contributed by atoms with Gasteiger partial charge in [0.05, 0.1) is 23.7 Å². The van der Waals surface area contributed by atoms with Crippen LogP contribution in [0.3, 0.4) is 0 Å². The van der Waals surface area contributed by atoms with Crippen molar-refractivity contribution >= 4 is 20.9 Å². The molecule has 4 rings (SSSR count). The lowest BCUT2D eigenvalue weighted by Gasteiger charge is -2.18. The van der Waals surface area contributed by atoms with E-state index in [1.54, 1.807) is 16.8 Å². The summed E-state index contributed by atoms with van der Waals surface area (Å²) in [6.45, 7) is 0. The first-order chi connectivity index (χ1) is 13.4. The number of allylic oxidation sites excluding steroid dienone is 2. The van der Waals surface area contributed by atoms with Gasteiger partial charge < -0.3 is 0 Å². The van der Waals surface area contributed by atoms with Crippen LogP contribution in [0.15, 0.2) is 53.7 Å². The van der Waals surface area contributed by atoms with Gasteiger partial charge in [-0.1, -0.05) is 18.2 Å². The molecule has 1 aromatic carbocycles. The maximum atomic E-state index is 14.4. The number of halogens is 1. The molecule has 1 aliphatic carbocycles. The lowest BCUT2D eigenvalue weighted by Crippen LogP contribution is -2.04. The molecule has 5 nitrogen and oxygen atoms in total. The zero-order chi connectivity index (χ0) is 19.9. The monoisotopic (exact) mass is 395 g/mol. The van der Waals surface area contributed by atoms with Crippen molar-refractivity contribution in [2.45, 2.75) is 24.2 Å². The summed E-state index contributed by atoms with van der Waals surface area (Å²) in [6, 6.07) is 10.4. The van der Waals surface area contributed by atoms with Gasteiger partial charge in [0.15, 0.2) is 9.84 Å². The standard InChI is InChI=1S/C21H18FN3O2S/c1-28(26,27)20-9-8-16(11-19(20)22)18-13-24-25-10-2-3-17(21(18)25)15-6-4-14(12-23)5-7-15/h2-3,6,8-11,13-14H,4-5,7H2,1H3. The summed E-state index contributed by atoms with van der Waals surface area (Å²) in [5.74, 6) is -0.726. The molecule has 1 aliphatic rings. The summed E-state index contributed by atoms with van der Waals surface area (Å²) in [5.41, 5.74) is 4.29. The predicted molar refractivity (Wildman–Crippen MR) is 105 cm³/mol. The van der Waals surface area contributed by atoms with Gasteiger partial charge in [-0.15, -0.1) is 0 Å². The molecule has 2 heterocycles. The van der Waals surface area contributed by atoms with Crippen LogP contribution in [0.1, 0.15) is 24.8 Å². The second-order valence-corrected chi connectivity index (χ2v) is 9.00. The van der Waals surface area contributed by atoms with E-state index in [0.29, 0.717) is 12.0 Å². The number of hydrogen-bond donors (Lipinski definition) is 0. The number of aromatic nitrogens is 2. The molecule has 1 unspecified atom stereocenters. The van der Waals surface area contributed by atoms with E-state index in [0.717, 1.165) is 41.3 Å². The number of pyridine rings is 1. The molecule has 0 spiro atoms. The molecule has 28 heavy (non-hydrogen) atoms. The third kappa shape index (κ3) is 3.20. The van der Waals surface area contributed by atoms with E-state index in [9.17, 15) is 12.8 Å². The normalized spacial score (nSPS) is 17.3. The van der Waals surface area contributed by atoms with Crippen LogP contribution in [0.5, 0.6) is 0 Å². The Bertz CT molecular complexity index is 1250. The van der Waals surface area contributed by atoms with Crippen molar-refractivity contribution < 1.29 is 12.8 Å². The predicted octanol–water partition coefficient (Wildman–Crippen LogP) is 4.25. The first-order valence-electron chi connectivity index (χ1n) is 8.94. The van der Waals surface area contributed by atoms with E-state index < -0.39 is 15.7 Å². The van der Waals surface area contributed by atoms with Gasteiger partial charge in [-0.2, -0.15) is 10.4 Å². The highest BCUT2D eigenvalue weighted by Gasteiger charge is 2.20. The van der Waals surface area contributed by atoms with Gasteiger partial charge in [-0.05, 0) is 48.6 Å². The Labute approximate surface area is 162 Å². The summed E-state index contributed by atoms with van der Waals surface area (Å²) in [6.07, 6.45) is 8.89. The van der Waals surface area contributed by atoms with Crippen molar-refractivity contribution in [2.24, 2.45) is 5.92 Å². The molecule has 0 aliphatic heterocycles. The lowest BCUT2D eigenvalue weighted by atomic mass is 9.86. The molecule has 7 heteroatoms. The SMILES string of the molecule is CS(=O)(=O)c1ccc(-c2cnn3cccc(C4=CCC(C#N)CC4)c23)cc1F. The molecule has 3 aromatic rings. The first kappa shape index (κ1) is 18.4. The Hall–Kier alpha value is -2.98. The third-order valence-electron chi connectivity index (χ3n) is 5.12. The fourth-order valence-electron chi connectivity index (χ4n) is 3.68. The average Bonchev–Trinajstić information content (AvgIpc) is 3.11. The highest BCUT2D eigenvalue weighted by molar-refractivity contribution is 7.90. The van der Waals surface area contributed by atoms with Crippen LogP contribution in [0.4, 0.5) is 4.39 Å². The Morgan fingerprint density at radius 3 is 2.75 bits per heavy atom. The Morgan fingerprint density at radius 2 is 2.11 bits per heavy atom. The van der Waals surface area contributed by atoms with Crippen LogP contribution in [-0.4, -0.2) is 24.3 Å². The van der Waals surface area contributed by atoms with Crippen molar-refractivity contribution in [2.75, 3.05) is 6.26 Å². The second kappa shape index (κ2) is 6.88. The number of sulfone groups is 1. The molecule has 0 amide bonds. The molecule has 1 atom stereocenters. The van der Waals surface area contributed by atoms with Gasteiger partial charge in [0, 0.05) is 23.6 Å². The van der Waals surface area contributed by atoms with Gasteiger partial charge in [0.2, 0.25) is 0 Å². The van der Waals surface area contributed by atoms with Crippen molar-refractivity contribution in [3.8, 4) is 17.2 Å². The number of nitriles is 1. The molecule has 0 bridgehead atoms. The van der Waals surface area contributed by atoms with E-state index in [-0.39, 0.29) is 10.8 Å². The third-order valence-corrected chi connectivity index (χ3v) is 6.25. The number of benzene rings is 1. The molecule has 0 radical (unpaired) electrons. The van der Waals surface area contributed by atoms with Gasteiger partial charge in [-0.25, -0.2) is 17.3 Å². The van der Waals surface area contributed by atoms with Crippen molar-refractivity contribution in [1.29, 1.82) is 5.26 Å². The summed E-state index contributed by atoms with van der Waals surface area (Å²) in [4.78, 5) is -0.314. The van der Waals surface area contributed by atoms with E-state index in [1.807, 2.05) is 18.3 Å². The zero-order valence-electron chi connectivity index (χ0n) is 15.3. The topological polar surface area (TPSA) is 75.2 Å². The van der Waals surface area contributed by atoms with Crippen LogP contribution >= 0.6 is 0 Å². The number of hydrogen-bond acceptors (Lipinski definition) is 4. The summed E-state index contributed by atoms with van der Waals surface area (Å²) in [5, 5.41) is 13.5. The number of nitrogens with zero attached hydrogens (tertiary/aromatic N) is 3. The zero-order valence-corrected chi connectivity index (χ0v) is 16.1. The minimum Gasteiger partial charge on any atom is -0.240 e. The number of rotatable bonds is 3. The van der Waals surface area contributed by atoms with Gasteiger partial charge >= 0.3 is 0 Å². The quantitative estimate of drug-likeness (QED) is 0.664. The van der Waals surface area contributed by atoms with Crippen LogP contribution < -0.4 is 0 Å². The lowest BCUT2D eigenvalue weighted by molar-refractivity contribution is 0.571. The largest absolute Gasteiger partial charge is 0.240 e. The Kier molecular flexibility index (Phi) is 4.52. The highest BCUT2D eigenvalue weighted by Crippen LogP contribution is 2.36. The van der Waals surface area contributed by atoms with Crippen LogP contribution in [0.25, 0.3) is 22.2 Å². The maximum absolute atomic E-state index is 14.4. The number of fused-ring (bicyclic) bond motifs is 1. The Morgan fingerprint density at radius 1 is 1.29 bits per heavy atom. The van der Waals surface area contributed by atoms with Crippen LogP contribution in [-0.2, 0) is 9.84 Å². The van der Waals surface area contributed by atoms with Crippen LogP contribution in [0, 0.1) is 23.1 Å². The summed E-state index contributed by atoms with van der Waals surface area (Å²) in [7, 11) is -3.63. The molecular weight excluding hydrogens is 377 g/mol. The van der Waals surface area contributed by atoms with E-state index in [4.69, 9.17) is 5.26 Å². The molecule has 2 aromatic heterocycles. The van der Waals surface area contributed by atoms with E-state index >= 15 is 0 Å².